The molecule has 2 unspecified atom stereocenters. The molecular weight excluding hydrogens is 340 g/mol. The molecule has 140 valence electrons. The largest absolute Gasteiger partial charge is 0.493 e. The molecular formula is C19H29ClN2O3. The average Bonchev–Trinajstić information content (AvgIpc) is 2.56. The van der Waals surface area contributed by atoms with Gasteiger partial charge in [0.05, 0.1) is 13.7 Å². The van der Waals surface area contributed by atoms with Gasteiger partial charge in [0.25, 0.3) is 0 Å². The molecule has 2 atom stereocenters. The predicted octanol–water partition coefficient (Wildman–Crippen LogP) is 3.61. The van der Waals surface area contributed by atoms with Gasteiger partial charge in [0.1, 0.15) is 0 Å². The van der Waals surface area contributed by atoms with Crippen molar-refractivity contribution in [2.75, 3.05) is 19.0 Å². The van der Waals surface area contributed by atoms with Crippen molar-refractivity contribution in [3.63, 3.8) is 0 Å². The molecule has 2 aliphatic carbocycles. The normalized spacial score (nSPS) is 27.8. The molecule has 0 aliphatic heterocycles. The lowest BCUT2D eigenvalue weighted by molar-refractivity contribution is -0.122. The van der Waals surface area contributed by atoms with Crippen LogP contribution < -0.4 is 20.5 Å². The molecule has 0 saturated heterocycles. The van der Waals surface area contributed by atoms with Crippen LogP contribution in [0.25, 0.3) is 0 Å². The van der Waals surface area contributed by atoms with Crippen LogP contribution in [0.1, 0.15) is 39.0 Å². The van der Waals surface area contributed by atoms with E-state index in [9.17, 15) is 4.79 Å². The van der Waals surface area contributed by atoms with Crippen LogP contribution in [0, 0.1) is 17.8 Å². The lowest BCUT2D eigenvalue weighted by Gasteiger charge is -2.43. The van der Waals surface area contributed by atoms with Crippen LogP contribution in [0.5, 0.6) is 11.5 Å². The molecule has 0 radical (unpaired) electrons. The Morgan fingerprint density at radius 2 is 1.92 bits per heavy atom. The number of benzene rings is 1. The lowest BCUT2D eigenvalue weighted by atomic mass is 9.65. The third-order valence-electron chi connectivity index (χ3n) is 5.51. The third-order valence-corrected chi connectivity index (χ3v) is 5.51. The second-order valence-electron chi connectivity index (χ2n) is 6.98. The number of amides is 1. The summed E-state index contributed by atoms with van der Waals surface area (Å²) in [4.78, 5) is 12.7. The lowest BCUT2D eigenvalue weighted by Crippen LogP contribution is -2.48. The molecule has 0 aromatic heterocycles. The van der Waals surface area contributed by atoms with Crippen molar-refractivity contribution in [1.82, 2.24) is 0 Å². The van der Waals surface area contributed by atoms with E-state index in [1.165, 1.54) is 19.3 Å². The molecule has 1 aromatic carbocycles. The van der Waals surface area contributed by atoms with Crippen molar-refractivity contribution in [3.05, 3.63) is 18.2 Å². The molecule has 0 spiro atoms. The smallest absolute Gasteiger partial charge is 0.227 e. The second kappa shape index (κ2) is 8.77. The SMILES string of the molecule is CCOc1ccc(NC(=O)C2CC3CCCC(C2)C3N)cc1OC.Cl. The van der Waals surface area contributed by atoms with Gasteiger partial charge in [-0.15, -0.1) is 12.4 Å². The molecule has 3 rings (SSSR count). The maximum absolute atomic E-state index is 12.7. The molecule has 2 fully saturated rings. The Bertz CT molecular complexity index is 582. The molecule has 1 amide bonds. The first-order valence-corrected chi connectivity index (χ1v) is 8.99. The minimum atomic E-state index is 0. The number of rotatable bonds is 5. The van der Waals surface area contributed by atoms with E-state index in [-0.39, 0.29) is 30.3 Å². The summed E-state index contributed by atoms with van der Waals surface area (Å²) in [5.74, 6) is 2.50. The van der Waals surface area contributed by atoms with Crippen LogP contribution in [0.15, 0.2) is 18.2 Å². The Morgan fingerprint density at radius 1 is 1.24 bits per heavy atom. The maximum atomic E-state index is 12.7. The van der Waals surface area contributed by atoms with Crippen LogP contribution >= 0.6 is 12.4 Å². The zero-order valence-electron chi connectivity index (χ0n) is 15.0. The van der Waals surface area contributed by atoms with Gasteiger partial charge >= 0.3 is 0 Å². The van der Waals surface area contributed by atoms with Crippen molar-refractivity contribution in [3.8, 4) is 11.5 Å². The number of hydrogen-bond acceptors (Lipinski definition) is 4. The monoisotopic (exact) mass is 368 g/mol. The van der Waals surface area contributed by atoms with E-state index in [1.807, 2.05) is 25.1 Å². The number of methoxy groups -OCH3 is 1. The minimum absolute atomic E-state index is 0. The van der Waals surface area contributed by atoms with Gasteiger partial charge in [0, 0.05) is 23.7 Å². The van der Waals surface area contributed by atoms with Gasteiger partial charge in [0.15, 0.2) is 11.5 Å². The summed E-state index contributed by atoms with van der Waals surface area (Å²) in [5, 5.41) is 3.04. The maximum Gasteiger partial charge on any atom is 0.227 e. The van der Waals surface area contributed by atoms with E-state index < -0.39 is 0 Å². The van der Waals surface area contributed by atoms with E-state index in [4.69, 9.17) is 15.2 Å². The molecule has 25 heavy (non-hydrogen) atoms. The predicted molar refractivity (Wildman–Crippen MR) is 102 cm³/mol. The number of carbonyl (C=O) groups is 1. The highest BCUT2D eigenvalue weighted by atomic mass is 35.5. The Balaban J connectivity index is 0.00000225. The van der Waals surface area contributed by atoms with Crippen molar-refractivity contribution in [2.45, 2.75) is 45.1 Å². The van der Waals surface area contributed by atoms with Crippen molar-refractivity contribution >= 4 is 24.0 Å². The molecule has 0 heterocycles. The highest BCUT2D eigenvalue weighted by molar-refractivity contribution is 5.93. The molecule has 2 bridgehead atoms. The summed E-state index contributed by atoms with van der Waals surface area (Å²) in [6, 6.07) is 5.80. The summed E-state index contributed by atoms with van der Waals surface area (Å²) in [7, 11) is 1.60. The van der Waals surface area contributed by atoms with E-state index in [2.05, 4.69) is 5.32 Å². The van der Waals surface area contributed by atoms with Gasteiger partial charge < -0.3 is 20.5 Å². The first-order chi connectivity index (χ1) is 11.6. The summed E-state index contributed by atoms with van der Waals surface area (Å²) in [5.41, 5.74) is 7.07. The third kappa shape index (κ3) is 4.39. The number of carbonyl (C=O) groups excluding carboxylic acids is 1. The summed E-state index contributed by atoms with van der Waals surface area (Å²) in [6.07, 6.45) is 5.42. The summed E-state index contributed by atoms with van der Waals surface area (Å²) in [6.45, 7) is 2.51. The zero-order chi connectivity index (χ0) is 17.1. The Kier molecular flexibility index (Phi) is 6.96. The molecule has 5 nitrogen and oxygen atoms in total. The zero-order valence-corrected chi connectivity index (χ0v) is 15.8. The standard InChI is InChI=1S/C19H28N2O3.ClH/c1-3-24-16-8-7-15(11-17(16)23-2)21-19(22)14-9-12-5-4-6-13(10-14)18(12)20;/h7-8,11-14,18H,3-6,9-10,20H2,1-2H3,(H,21,22);1H. The highest BCUT2D eigenvalue weighted by Crippen LogP contribution is 2.42. The number of nitrogens with two attached hydrogens (primary N) is 1. The number of anilines is 1. The van der Waals surface area contributed by atoms with E-state index in [0.717, 1.165) is 18.5 Å². The fraction of sp³-hybridized carbons (Fsp3) is 0.632. The number of ether oxygens (including phenoxy) is 2. The number of hydrogen-bond donors (Lipinski definition) is 2. The molecule has 2 saturated carbocycles. The van der Waals surface area contributed by atoms with Crippen LogP contribution in [0.2, 0.25) is 0 Å². The number of nitrogens with one attached hydrogen (secondary N) is 1. The van der Waals surface area contributed by atoms with E-state index in [0.29, 0.717) is 29.9 Å². The minimum Gasteiger partial charge on any atom is -0.493 e. The van der Waals surface area contributed by atoms with Crippen LogP contribution in [-0.4, -0.2) is 25.7 Å². The number of halogens is 1. The molecule has 2 aliphatic rings. The first-order valence-electron chi connectivity index (χ1n) is 8.99. The molecule has 3 N–H and O–H groups in total. The van der Waals surface area contributed by atoms with Gasteiger partial charge in [-0.3, -0.25) is 4.79 Å². The summed E-state index contributed by atoms with van der Waals surface area (Å²) < 4.78 is 10.9. The average molecular weight is 369 g/mol. The first kappa shape index (κ1) is 19.9. The summed E-state index contributed by atoms with van der Waals surface area (Å²) >= 11 is 0. The van der Waals surface area contributed by atoms with Gasteiger partial charge in [-0.25, -0.2) is 0 Å². The topological polar surface area (TPSA) is 73.6 Å². The molecule has 6 heteroatoms. The van der Waals surface area contributed by atoms with E-state index >= 15 is 0 Å². The van der Waals surface area contributed by atoms with Crippen LogP contribution in [0.4, 0.5) is 5.69 Å². The Morgan fingerprint density at radius 3 is 2.52 bits per heavy atom. The van der Waals surface area contributed by atoms with Gasteiger partial charge in [-0.1, -0.05) is 6.42 Å². The van der Waals surface area contributed by atoms with Crippen molar-refractivity contribution in [2.24, 2.45) is 23.5 Å². The van der Waals surface area contributed by atoms with Crippen molar-refractivity contribution in [1.29, 1.82) is 0 Å². The fourth-order valence-corrected chi connectivity index (χ4v) is 4.27. The molecule has 1 aromatic rings. The van der Waals surface area contributed by atoms with E-state index in [1.54, 1.807) is 7.11 Å². The van der Waals surface area contributed by atoms with Gasteiger partial charge in [-0.05, 0) is 56.6 Å². The fourth-order valence-electron chi connectivity index (χ4n) is 4.27. The van der Waals surface area contributed by atoms with Crippen molar-refractivity contribution < 1.29 is 14.3 Å². The Labute approximate surface area is 156 Å². The van der Waals surface area contributed by atoms with Gasteiger partial charge in [0.2, 0.25) is 5.91 Å². The second-order valence-corrected chi connectivity index (χ2v) is 6.98. The van der Waals surface area contributed by atoms with Crippen LogP contribution in [-0.2, 0) is 4.79 Å². The Hall–Kier alpha value is -1.46. The van der Waals surface area contributed by atoms with Crippen LogP contribution in [0.3, 0.4) is 0 Å². The highest BCUT2D eigenvalue weighted by Gasteiger charge is 2.40. The number of fused-ring (bicyclic) bond motifs is 2. The quantitative estimate of drug-likeness (QED) is 0.832. The van der Waals surface area contributed by atoms with Gasteiger partial charge in [-0.2, -0.15) is 0 Å².